The van der Waals surface area contributed by atoms with Crippen LogP contribution in [0.15, 0.2) is 78.1 Å². The average molecular weight is 465 g/mol. The van der Waals surface area contributed by atoms with Gasteiger partial charge in [-0.15, -0.1) is 0 Å². The molecule has 1 aliphatic heterocycles. The Bertz CT molecular complexity index is 1660. The van der Waals surface area contributed by atoms with Crippen LogP contribution in [0.25, 0.3) is 27.7 Å². The highest BCUT2D eigenvalue weighted by Gasteiger charge is 2.27. The average Bonchev–Trinajstić information content (AvgIpc) is 3.46. The van der Waals surface area contributed by atoms with Crippen molar-refractivity contribution in [2.24, 2.45) is 7.05 Å². The predicted octanol–water partition coefficient (Wildman–Crippen LogP) is 3.55. The van der Waals surface area contributed by atoms with Gasteiger partial charge in [0.15, 0.2) is 0 Å². The SMILES string of the molecule is Cc1cn(-c2ccc3n(c2=O)CCN(Cc2ccccc2-c2ccc4c(cnn4C)c2)C3=O)cn1. The Morgan fingerprint density at radius 3 is 2.69 bits per heavy atom. The van der Waals surface area contributed by atoms with Gasteiger partial charge in [-0.25, -0.2) is 4.98 Å². The maximum Gasteiger partial charge on any atom is 0.275 e. The van der Waals surface area contributed by atoms with Gasteiger partial charge < -0.3 is 14.0 Å². The van der Waals surface area contributed by atoms with Crippen molar-refractivity contribution < 1.29 is 4.79 Å². The lowest BCUT2D eigenvalue weighted by atomic mass is 9.98. The molecule has 2 aromatic carbocycles. The summed E-state index contributed by atoms with van der Waals surface area (Å²) >= 11 is 0. The lowest BCUT2D eigenvalue weighted by molar-refractivity contribution is 0.0687. The van der Waals surface area contributed by atoms with E-state index in [0.29, 0.717) is 31.0 Å². The minimum absolute atomic E-state index is 0.140. The van der Waals surface area contributed by atoms with Gasteiger partial charge in [-0.2, -0.15) is 5.10 Å². The summed E-state index contributed by atoms with van der Waals surface area (Å²) in [5.74, 6) is -0.140. The van der Waals surface area contributed by atoms with E-state index in [9.17, 15) is 9.59 Å². The third kappa shape index (κ3) is 3.54. The van der Waals surface area contributed by atoms with Crippen molar-refractivity contribution in [3.05, 3.63) is 101 Å². The molecule has 0 spiro atoms. The fraction of sp³-hybridized carbons (Fsp3) is 0.185. The number of benzene rings is 2. The van der Waals surface area contributed by atoms with Crippen LogP contribution >= 0.6 is 0 Å². The van der Waals surface area contributed by atoms with E-state index >= 15 is 0 Å². The molecule has 174 valence electrons. The van der Waals surface area contributed by atoms with Crippen molar-refractivity contribution in [1.29, 1.82) is 0 Å². The number of carbonyl (C=O) groups excluding carboxylic acids is 1. The number of hydrogen-bond acceptors (Lipinski definition) is 4. The van der Waals surface area contributed by atoms with Crippen molar-refractivity contribution in [2.75, 3.05) is 6.54 Å². The number of pyridine rings is 1. The Labute approximate surface area is 201 Å². The zero-order valence-electron chi connectivity index (χ0n) is 19.5. The number of aromatic nitrogens is 5. The summed E-state index contributed by atoms with van der Waals surface area (Å²) in [6.45, 7) is 3.26. The molecule has 0 aliphatic carbocycles. The first kappa shape index (κ1) is 21.1. The molecule has 8 heteroatoms. The van der Waals surface area contributed by atoms with Crippen molar-refractivity contribution in [1.82, 2.24) is 28.8 Å². The first-order valence-corrected chi connectivity index (χ1v) is 11.5. The summed E-state index contributed by atoms with van der Waals surface area (Å²) in [5, 5.41) is 5.42. The Kier molecular flexibility index (Phi) is 4.88. The first-order chi connectivity index (χ1) is 17.0. The van der Waals surface area contributed by atoms with Crippen molar-refractivity contribution in [2.45, 2.75) is 20.0 Å². The minimum atomic E-state index is -0.182. The highest BCUT2D eigenvalue weighted by Crippen LogP contribution is 2.29. The zero-order valence-corrected chi connectivity index (χ0v) is 19.5. The normalized spacial score (nSPS) is 13.4. The van der Waals surface area contributed by atoms with Gasteiger partial charge in [0.2, 0.25) is 0 Å². The van der Waals surface area contributed by atoms with Crippen LogP contribution in [-0.2, 0) is 20.1 Å². The van der Waals surface area contributed by atoms with Crippen LogP contribution in [0, 0.1) is 6.92 Å². The van der Waals surface area contributed by atoms with Crippen LogP contribution in [-0.4, -0.2) is 41.3 Å². The van der Waals surface area contributed by atoms with E-state index in [1.807, 2.05) is 41.9 Å². The van der Waals surface area contributed by atoms with Crippen LogP contribution in [0.3, 0.4) is 0 Å². The molecule has 1 aliphatic rings. The van der Waals surface area contributed by atoms with Crippen molar-refractivity contribution in [3.8, 4) is 16.8 Å². The summed E-state index contributed by atoms with van der Waals surface area (Å²) in [6.07, 6.45) is 5.29. The van der Waals surface area contributed by atoms with Gasteiger partial charge in [-0.3, -0.25) is 14.3 Å². The van der Waals surface area contributed by atoms with E-state index in [-0.39, 0.29) is 11.5 Å². The van der Waals surface area contributed by atoms with Gasteiger partial charge in [0.05, 0.1) is 23.7 Å². The Balaban J connectivity index is 1.31. The molecule has 0 atom stereocenters. The summed E-state index contributed by atoms with van der Waals surface area (Å²) in [5.41, 5.74) is 5.86. The number of imidazole rings is 1. The molecule has 0 saturated heterocycles. The number of hydrogen-bond donors (Lipinski definition) is 0. The largest absolute Gasteiger partial charge is 0.331 e. The lowest BCUT2D eigenvalue weighted by Gasteiger charge is -2.30. The number of amides is 1. The van der Waals surface area contributed by atoms with Gasteiger partial charge in [0.25, 0.3) is 11.5 Å². The molecule has 1 amide bonds. The Morgan fingerprint density at radius 2 is 1.86 bits per heavy atom. The van der Waals surface area contributed by atoms with E-state index in [2.05, 4.69) is 40.4 Å². The Hall–Kier alpha value is -4.46. The lowest BCUT2D eigenvalue weighted by Crippen LogP contribution is -2.44. The zero-order chi connectivity index (χ0) is 24.1. The van der Waals surface area contributed by atoms with Crippen LogP contribution in [0.5, 0.6) is 0 Å². The fourth-order valence-electron chi connectivity index (χ4n) is 4.84. The van der Waals surface area contributed by atoms with Crippen LogP contribution in [0.4, 0.5) is 0 Å². The molecule has 8 nitrogen and oxygen atoms in total. The quantitative estimate of drug-likeness (QED) is 0.408. The monoisotopic (exact) mass is 464 g/mol. The van der Waals surface area contributed by atoms with Gasteiger partial charge in [0, 0.05) is 38.3 Å². The molecular formula is C27H24N6O2. The van der Waals surface area contributed by atoms with E-state index in [1.165, 1.54) is 0 Å². The van der Waals surface area contributed by atoms with Gasteiger partial charge in [0.1, 0.15) is 11.4 Å². The maximum absolute atomic E-state index is 13.4. The van der Waals surface area contributed by atoms with Crippen molar-refractivity contribution in [3.63, 3.8) is 0 Å². The summed E-state index contributed by atoms with van der Waals surface area (Å²) in [6, 6.07) is 17.9. The second kappa shape index (κ2) is 8.09. The third-order valence-corrected chi connectivity index (χ3v) is 6.68. The summed E-state index contributed by atoms with van der Waals surface area (Å²) in [7, 11) is 1.93. The van der Waals surface area contributed by atoms with E-state index in [0.717, 1.165) is 33.3 Å². The fourth-order valence-corrected chi connectivity index (χ4v) is 4.84. The smallest absolute Gasteiger partial charge is 0.275 e. The number of carbonyl (C=O) groups is 1. The topological polar surface area (TPSA) is 78.0 Å². The summed E-state index contributed by atoms with van der Waals surface area (Å²) in [4.78, 5) is 32.5. The molecule has 3 aromatic heterocycles. The second-order valence-corrected chi connectivity index (χ2v) is 8.91. The maximum atomic E-state index is 13.4. The second-order valence-electron chi connectivity index (χ2n) is 8.91. The number of rotatable bonds is 4. The molecule has 5 aromatic rings. The number of fused-ring (bicyclic) bond motifs is 2. The number of aryl methyl sites for hydroxylation is 2. The molecule has 0 fully saturated rings. The highest BCUT2D eigenvalue weighted by molar-refractivity contribution is 5.93. The first-order valence-electron chi connectivity index (χ1n) is 11.5. The minimum Gasteiger partial charge on any atom is -0.331 e. The van der Waals surface area contributed by atoms with Gasteiger partial charge in [-0.1, -0.05) is 30.3 Å². The molecular weight excluding hydrogens is 440 g/mol. The molecule has 0 saturated carbocycles. The molecule has 0 bridgehead atoms. The van der Waals surface area contributed by atoms with Crippen LogP contribution in [0.2, 0.25) is 0 Å². The molecule has 6 rings (SSSR count). The molecule has 0 N–H and O–H groups in total. The Morgan fingerprint density at radius 1 is 1.00 bits per heavy atom. The molecule has 4 heterocycles. The van der Waals surface area contributed by atoms with Crippen LogP contribution < -0.4 is 5.56 Å². The van der Waals surface area contributed by atoms with Gasteiger partial charge >= 0.3 is 0 Å². The molecule has 0 radical (unpaired) electrons. The third-order valence-electron chi connectivity index (χ3n) is 6.68. The van der Waals surface area contributed by atoms with Crippen molar-refractivity contribution >= 4 is 16.8 Å². The predicted molar refractivity (Wildman–Crippen MR) is 133 cm³/mol. The van der Waals surface area contributed by atoms with E-state index < -0.39 is 0 Å². The summed E-state index contributed by atoms with van der Waals surface area (Å²) < 4.78 is 5.14. The van der Waals surface area contributed by atoms with E-state index in [1.54, 1.807) is 33.8 Å². The molecule has 0 unspecified atom stereocenters. The van der Waals surface area contributed by atoms with Gasteiger partial charge in [-0.05, 0) is 47.9 Å². The van der Waals surface area contributed by atoms with E-state index in [4.69, 9.17) is 0 Å². The highest BCUT2D eigenvalue weighted by atomic mass is 16.2. The molecule has 35 heavy (non-hydrogen) atoms. The van der Waals surface area contributed by atoms with Crippen LogP contribution in [0.1, 0.15) is 21.7 Å². The number of nitrogens with zero attached hydrogens (tertiary/aromatic N) is 6. The standard InChI is InChI=1S/C27H24N6O2/c1-18-15-32(17-28-18)24-9-10-25-26(34)31(11-12-33(25)27(24)35)16-20-5-3-4-6-22(20)19-7-8-23-21(13-19)14-29-30(23)2/h3-10,13-15,17H,11-12,16H2,1-2H3.